The maximum atomic E-state index is 12.8. The lowest BCUT2D eigenvalue weighted by atomic mass is 9.89. The average molecular weight is 264 g/mol. The van der Waals surface area contributed by atoms with E-state index < -0.39 is 0 Å². The number of hydrogen-bond donors (Lipinski definition) is 0. The third-order valence-corrected chi connectivity index (χ3v) is 5.03. The first-order valence-electron chi connectivity index (χ1n) is 7.59. The Morgan fingerprint density at radius 3 is 2.42 bits per heavy atom. The van der Waals surface area contributed by atoms with E-state index in [0.29, 0.717) is 0 Å². The van der Waals surface area contributed by atoms with Gasteiger partial charge in [0.15, 0.2) is 0 Å². The van der Waals surface area contributed by atoms with Crippen molar-refractivity contribution in [2.75, 3.05) is 6.54 Å². The Balaban J connectivity index is 1.97. The van der Waals surface area contributed by atoms with Crippen molar-refractivity contribution < 1.29 is 9.59 Å². The Hall–Kier alpha value is -1.06. The fourth-order valence-electron chi connectivity index (χ4n) is 3.64. The molecule has 0 aromatic carbocycles. The van der Waals surface area contributed by atoms with E-state index in [0.717, 1.165) is 38.6 Å². The van der Waals surface area contributed by atoms with Gasteiger partial charge in [-0.3, -0.25) is 9.59 Å². The number of nitrogens with zero attached hydrogens (tertiary/aromatic N) is 2. The molecule has 2 saturated heterocycles. The zero-order chi connectivity index (χ0) is 13.8. The summed E-state index contributed by atoms with van der Waals surface area (Å²) in [5.74, 6) is 0.585. The van der Waals surface area contributed by atoms with E-state index in [1.807, 2.05) is 9.80 Å². The number of hydrogen-bond acceptors (Lipinski definition) is 2. The van der Waals surface area contributed by atoms with Crippen LogP contribution in [0.1, 0.15) is 52.9 Å². The molecule has 0 bridgehead atoms. The summed E-state index contributed by atoms with van der Waals surface area (Å²) >= 11 is 0. The molecule has 106 valence electrons. The Morgan fingerprint density at radius 2 is 1.84 bits per heavy atom. The molecular formula is C15H24N2O2. The van der Waals surface area contributed by atoms with Crippen molar-refractivity contribution in [1.82, 2.24) is 9.80 Å². The van der Waals surface area contributed by atoms with Crippen LogP contribution in [0.4, 0.5) is 0 Å². The van der Waals surface area contributed by atoms with Crippen LogP contribution in [0.25, 0.3) is 0 Å². The van der Waals surface area contributed by atoms with Crippen molar-refractivity contribution in [3.05, 3.63) is 0 Å². The molecule has 3 fully saturated rings. The molecule has 3 rings (SSSR count). The van der Waals surface area contributed by atoms with Gasteiger partial charge >= 0.3 is 0 Å². The van der Waals surface area contributed by atoms with Crippen LogP contribution in [0.5, 0.6) is 0 Å². The molecule has 2 aliphatic heterocycles. The molecule has 4 heteroatoms. The summed E-state index contributed by atoms with van der Waals surface area (Å²) in [5, 5.41) is 0. The van der Waals surface area contributed by atoms with E-state index in [2.05, 4.69) is 20.8 Å². The van der Waals surface area contributed by atoms with Crippen LogP contribution < -0.4 is 0 Å². The van der Waals surface area contributed by atoms with Gasteiger partial charge in [0.25, 0.3) is 0 Å². The summed E-state index contributed by atoms with van der Waals surface area (Å²) in [4.78, 5) is 29.4. The second-order valence-corrected chi connectivity index (χ2v) is 6.94. The second-order valence-electron chi connectivity index (χ2n) is 6.94. The molecule has 2 atom stereocenters. The van der Waals surface area contributed by atoms with Crippen molar-refractivity contribution in [1.29, 1.82) is 0 Å². The van der Waals surface area contributed by atoms with Crippen molar-refractivity contribution in [3.63, 3.8) is 0 Å². The first-order chi connectivity index (χ1) is 8.96. The van der Waals surface area contributed by atoms with E-state index >= 15 is 0 Å². The second kappa shape index (κ2) is 4.22. The summed E-state index contributed by atoms with van der Waals surface area (Å²) in [6, 6.07) is -0.414. The number of carbonyl (C=O) groups excluding carboxylic acids is 2. The molecule has 4 nitrogen and oxygen atoms in total. The molecule has 0 aromatic rings. The molecule has 1 saturated carbocycles. The van der Waals surface area contributed by atoms with Crippen LogP contribution in [0.2, 0.25) is 0 Å². The van der Waals surface area contributed by atoms with Gasteiger partial charge < -0.3 is 9.80 Å². The summed E-state index contributed by atoms with van der Waals surface area (Å²) in [6.07, 6.45) is 5.04. The SMILES string of the molecule is CC(C)C1C(=O)N2CCCCC2C(=O)N1C1(C)CC1. The van der Waals surface area contributed by atoms with E-state index in [-0.39, 0.29) is 35.4 Å². The minimum atomic E-state index is -0.241. The molecule has 0 spiro atoms. The van der Waals surface area contributed by atoms with E-state index in [1.165, 1.54) is 0 Å². The number of piperidine rings is 1. The smallest absolute Gasteiger partial charge is 0.246 e. The monoisotopic (exact) mass is 264 g/mol. The van der Waals surface area contributed by atoms with Crippen LogP contribution in [-0.4, -0.2) is 45.8 Å². The number of rotatable bonds is 2. The maximum Gasteiger partial charge on any atom is 0.246 e. The molecular weight excluding hydrogens is 240 g/mol. The Kier molecular flexibility index (Phi) is 2.88. The van der Waals surface area contributed by atoms with Gasteiger partial charge in [0.1, 0.15) is 12.1 Å². The minimum absolute atomic E-state index is 0.0504. The Labute approximate surface area is 115 Å². The molecule has 2 heterocycles. The Bertz CT molecular complexity index is 414. The quantitative estimate of drug-likeness (QED) is 0.763. The van der Waals surface area contributed by atoms with Gasteiger partial charge in [-0.2, -0.15) is 0 Å². The zero-order valence-electron chi connectivity index (χ0n) is 12.2. The number of amides is 2. The van der Waals surface area contributed by atoms with Crippen molar-refractivity contribution in [3.8, 4) is 0 Å². The first kappa shape index (κ1) is 12.9. The van der Waals surface area contributed by atoms with Gasteiger partial charge in [0.2, 0.25) is 11.8 Å². The van der Waals surface area contributed by atoms with Crippen molar-refractivity contribution in [2.45, 2.75) is 70.5 Å². The highest BCUT2D eigenvalue weighted by Crippen LogP contribution is 2.46. The number of piperazine rings is 1. The summed E-state index contributed by atoms with van der Waals surface area (Å²) in [6.45, 7) is 7.01. The third kappa shape index (κ3) is 1.87. The molecule has 2 unspecified atom stereocenters. The molecule has 0 N–H and O–H groups in total. The molecule has 19 heavy (non-hydrogen) atoms. The van der Waals surface area contributed by atoms with Gasteiger partial charge in [-0.25, -0.2) is 0 Å². The summed E-state index contributed by atoms with van der Waals surface area (Å²) in [7, 11) is 0. The minimum Gasteiger partial charge on any atom is -0.329 e. The van der Waals surface area contributed by atoms with Gasteiger partial charge in [-0.05, 0) is 44.9 Å². The van der Waals surface area contributed by atoms with Gasteiger partial charge in [0.05, 0.1) is 0 Å². The largest absolute Gasteiger partial charge is 0.329 e. The van der Waals surface area contributed by atoms with E-state index in [1.54, 1.807) is 0 Å². The molecule has 3 aliphatic rings. The molecule has 0 radical (unpaired) electrons. The molecule has 1 aliphatic carbocycles. The predicted octanol–water partition coefficient (Wildman–Crippen LogP) is 1.79. The lowest BCUT2D eigenvalue weighted by Gasteiger charge is -2.50. The normalized spacial score (nSPS) is 33.7. The molecule has 0 aromatic heterocycles. The average Bonchev–Trinajstić information content (AvgIpc) is 3.12. The van der Waals surface area contributed by atoms with E-state index in [4.69, 9.17) is 0 Å². The highest BCUT2D eigenvalue weighted by molar-refractivity contribution is 5.98. The zero-order valence-corrected chi connectivity index (χ0v) is 12.2. The van der Waals surface area contributed by atoms with Crippen LogP contribution in [0, 0.1) is 5.92 Å². The lowest BCUT2D eigenvalue weighted by molar-refractivity contribution is -0.169. The van der Waals surface area contributed by atoms with Crippen molar-refractivity contribution >= 4 is 11.8 Å². The highest BCUT2D eigenvalue weighted by atomic mass is 16.2. The fourth-order valence-corrected chi connectivity index (χ4v) is 3.64. The third-order valence-electron chi connectivity index (χ3n) is 5.03. The lowest BCUT2D eigenvalue weighted by Crippen LogP contribution is -2.69. The highest BCUT2D eigenvalue weighted by Gasteiger charge is 2.57. The van der Waals surface area contributed by atoms with Gasteiger partial charge in [0, 0.05) is 12.1 Å². The summed E-state index contributed by atoms with van der Waals surface area (Å²) < 4.78 is 0. The number of carbonyl (C=O) groups is 2. The fraction of sp³-hybridized carbons (Fsp3) is 0.867. The standard InChI is InChI=1S/C15H24N2O2/c1-10(2)12-14(19)16-9-5-4-6-11(16)13(18)17(12)15(3)7-8-15/h10-12H,4-9H2,1-3H3. The van der Waals surface area contributed by atoms with Crippen LogP contribution in [-0.2, 0) is 9.59 Å². The van der Waals surface area contributed by atoms with E-state index in [9.17, 15) is 9.59 Å². The Morgan fingerprint density at radius 1 is 1.16 bits per heavy atom. The predicted molar refractivity (Wildman–Crippen MR) is 72.5 cm³/mol. The number of fused-ring (bicyclic) bond motifs is 1. The van der Waals surface area contributed by atoms with Crippen LogP contribution >= 0.6 is 0 Å². The van der Waals surface area contributed by atoms with Crippen molar-refractivity contribution in [2.24, 2.45) is 5.92 Å². The topological polar surface area (TPSA) is 40.6 Å². The van der Waals surface area contributed by atoms with Crippen LogP contribution in [0.15, 0.2) is 0 Å². The van der Waals surface area contributed by atoms with Gasteiger partial charge in [-0.15, -0.1) is 0 Å². The van der Waals surface area contributed by atoms with Crippen LogP contribution in [0.3, 0.4) is 0 Å². The molecule has 2 amide bonds. The summed E-state index contributed by atoms with van der Waals surface area (Å²) in [5.41, 5.74) is -0.0504. The van der Waals surface area contributed by atoms with Gasteiger partial charge in [-0.1, -0.05) is 13.8 Å². The first-order valence-corrected chi connectivity index (χ1v) is 7.59. The maximum absolute atomic E-state index is 12.8.